The Balaban J connectivity index is 2.46. The van der Waals surface area contributed by atoms with Crippen LogP contribution in [0.4, 0.5) is 0 Å². The first kappa shape index (κ1) is 19.8. The van der Waals surface area contributed by atoms with E-state index in [2.05, 4.69) is 31.9 Å². The van der Waals surface area contributed by atoms with Gasteiger partial charge in [-0.2, -0.15) is 0 Å². The molecule has 1 rings (SSSR count). The van der Waals surface area contributed by atoms with Gasteiger partial charge in [-0.15, -0.1) is 0 Å². The Kier molecular flexibility index (Phi) is 9.92. The molecule has 0 amide bonds. The van der Waals surface area contributed by atoms with Crippen molar-refractivity contribution >= 4 is 31.9 Å². The van der Waals surface area contributed by atoms with E-state index in [1.807, 2.05) is 13.8 Å². The monoisotopic (exact) mass is 432 g/mol. The Bertz CT molecular complexity index is 256. The second-order valence-corrected chi connectivity index (χ2v) is 6.70. The predicted molar refractivity (Wildman–Crippen MR) is 88.8 cm³/mol. The normalized spacial score (nSPS) is 34.9. The molecule has 1 saturated heterocycles. The van der Waals surface area contributed by atoms with Gasteiger partial charge in [0, 0.05) is 10.7 Å². The van der Waals surface area contributed by atoms with E-state index >= 15 is 0 Å². The first-order chi connectivity index (χ1) is 10.0. The molecular weight excluding hydrogens is 408 g/mol. The molecule has 7 heteroatoms. The number of alkyl halides is 2. The SMILES string of the molecule is CC1(CBr)COCCOCC(C)(CBr)OCCOCCO1. The Labute approximate surface area is 144 Å². The quantitative estimate of drug-likeness (QED) is 0.625. The maximum atomic E-state index is 5.83. The molecule has 0 aromatic rings. The van der Waals surface area contributed by atoms with E-state index < -0.39 is 0 Å². The van der Waals surface area contributed by atoms with Gasteiger partial charge in [-0.3, -0.25) is 0 Å². The molecule has 2 unspecified atom stereocenters. The molecule has 0 aromatic heterocycles. The summed E-state index contributed by atoms with van der Waals surface area (Å²) in [6, 6.07) is 0. The molecule has 0 aliphatic carbocycles. The van der Waals surface area contributed by atoms with Crippen LogP contribution in [-0.4, -0.2) is 74.7 Å². The summed E-state index contributed by atoms with van der Waals surface area (Å²) in [6.45, 7) is 8.34. The molecule has 1 aliphatic heterocycles. The number of rotatable bonds is 2. The summed E-state index contributed by atoms with van der Waals surface area (Å²) in [4.78, 5) is 0. The van der Waals surface area contributed by atoms with Gasteiger partial charge in [0.2, 0.25) is 0 Å². The van der Waals surface area contributed by atoms with Gasteiger partial charge >= 0.3 is 0 Å². The molecule has 1 heterocycles. The second-order valence-electron chi connectivity index (χ2n) is 5.58. The Morgan fingerprint density at radius 2 is 1.05 bits per heavy atom. The fourth-order valence-electron chi connectivity index (χ4n) is 1.73. The molecule has 1 fully saturated rings. The van der Waals surface area contributed by atoms with Gasteiger partial charge in [0.25, 0.3) is 0 Å². The van der Waals surface area contributed by atoms with Gasteiger partial charge in [-0.05, 0) is 13.8 Å². The molecule has 0 aromatic carbocycles. The minimum Gasteiger partial charge on any atom is -0.377 e. The molecule has 126 valence electrons. The van der Waals surface area contributed by atoms with Gasteiger partial charge < -0.3 is 23.7 Å². The number of ether oxygens (including phenoxy) is 5. The van der Waals surface area contributed by atoms with Crippen LogP contribution < -0.4 is 0 Å². The van der Waals surface area contributed by atoms with Crippen LogP contribution in [0.25, 0.3) is 0 Å². The van der Waals surface area contributed by atoms with Gasteiger partial charge in [0.15, 0.2) is 0 Å². The molecule has 5 nitrogen and oxygen atoms in total. The Morgan fingerprint density at radius 3 is 1.43 bits per heavy atom. The van der Waals surface area contributed by atoms with Crippen LogP contribution in [0.5, 0.6) is 0 Å². The first-order valence-corrected chi connectivity index (χ1v) is 9.41. The summed E-state index contributed by atoms with van der Waals surface area (Å²) in [6.07, 6.45) is 0. The van der Waals surface area contributed by atoms with Crippen molar-refractivity contribution in [1.82, 2.24) is 0 Å². The molecule has 0 radical (unpaired) electrons. The van der Waals surface area contributed by atoms with Crippen LogP contribution in [0, 0.1) is 0 Å². The van der Waals surface area contributed by atoms with Crippen LogP contribution in [0.15, 0.2) is 0 Å². The highest BCUT2D eigenvalue weighted by Gasteiger charge is 2.26. The zero-order chi connectivity index (χ0) is 15.6. The maximum Gasteiger partial charge on any atom is 0.0984 e. The Morgan fingerprint density at radius 1 is 0.667 bits per heavy atom. The van der Waals surface area contributed by atoms with Crippen molar-refractivity contribution < 1.29 is 23.7 Å². The fraction of sp³-hybridized carbons (Fsp3) is 1.00. The first-order valence-electron chi connectivity index (χ1n) is 7.17. The van der Waals surface area contributed by atoms with Crippen LogP contribution in [0.1, 0.15) is 13.8 Å². The lowest BCUT2D eigenvalue weighted by Gasteiger charge is -2.28. The van der Waals surface area contributed by atoms with Crippen molar-refractivity contribution in [2.24, 2.45) is 0 Å². The molecular formula is C14H26Br2O5. The van der Waals surface area contributed by atoms with E-state index in [-0.39, 0.29) is 11.2 Å². The third-order valence-electron chi connectivity index (χ3n) is 3.11. The third kappa shape index (κ3) is 8.25. The minimum absolute atomic E-state index is 0.343. The average Bonchev–Trinajstić information content (AvgIpc) is 2.49. The van der Waals surface area contributed by atoms with E-state index in [0.29, 0.717) is 63.5 Å². The lowest BCUT2D eigenvalue weighted by Crippen LogP contribution is -2.38. The summed E-state index contributed by atoms with van der Waals surface area (Å²) in [5, 5.41) is 1.43. The van der Waals surface area contributed by atoms with Crippen molar-refractivity contribution in [3.05, 3.63) is 0 Å². The predicted octanol–water partition coefficient (Wildman–Crippen LogP) is 2.39. The second kappa shape index (κ2) is 10.5. The molecule has 21 heavy (non-hydrogen) atoms. The molecule has 0 spiro atoms. The van der Waals surface area contributed by atoms with Crippen LogP contribution in [0.2, 0.25) is 0 Å². The molecule has 0 bridgehead atoms. The van der Waals surface area contributed by atoms with Crippen LogP contribution >= 0.6 is 31.9 Å². The number of halogens is 2. The molecule has 2 atom stereocenters. The topological polar surface area (TPSA) is 46.2 Å². The van der Waals surface area contributed by atoms with Crippen molar-refractivity contribution in [2.45, 2.75) is 25.0 Å². The molecule has 1 aliphatic rings. The van der Waals surface area contributed by atoms with Gasteiger partial charge in [0.1, 0.15) is 0 Å². The largest absolute Gasteiger partial charge is 0.377 e. The standard InChI is InChI=1S/C14H26Br2O5/c1-13(9-15)11-18-3-4-19-12-14(2,10-16)21-8-6-17-5-7-20-13/h3-12H2,1-2H3. The van der Waals surface area contributed by atoms with Crippen molar-refractivity contribution in [3.8, 4) is 0 Å². The van der Waals surface area contributed by atoms with Crippen molar-refractivity contribution in [3.63, 3.8) is 0 Å². The third-order valence-corrected chi connectivity index (χ3v) is 5.48. The van der Waals surface area contributed by atoms with E-state index in [4.69, 9.17) is 23.7 Å². The maximum absolute atomic E-state index is 5.83. The fourth-order valence-corrected chi connectivity index (χ4v) is 2.38. The smallest absolute Gasteiger partial charge is 0.0984 e. The summed E-state index contributed by atoms with van der Waals surface area (Å²) in [5.41, 5.74) is -0.686. The molecule has 0 N–H and O–H groups in total. The summed E-state index contributed by atoms with van der Waals surface area (Å²) in [5.74, 6) is 0. The van der Waals surface area contributed by atoms with E-state index in [0.717, 1.165) is 0 Å². The number of hydrogen-bond donors (Lipinski definition) is 0. The summed E-state index contributed by atoms with van der Waals surface area (Å²) < 4.78 is 28.5. The van der Waals surface area contributed by atoms with Crippen LogP contribution in [-0.2, 0) is 23.7 Å². The molecule has 0 saturated carbocycles. The van der Waals surface area contributed by atoms with Crippen molar-refractivity contribution in [2.75, 3.05) is 63.5 Å². The highest BCUT2D eigenvalue weighted by Crippen LogP contribution is 2.16. The lowest BCUT2D eigenvalue weighted by atomic mass is 10.1. The van der Waals surface area contributed by atoms with Crippen molar-refractivity contribution in [1.29, 1.82) is 0 Å². The highest BCUT2D eigenvalue weighted by atomic mass is 79.9. The van der Waals surface area contributed by atoms with E-state index in [1.165, 1.54) is 0 Å². The summed E-state index contributed by atoms with van der Waals surface area (Å²) in [7, 11) is 0. The Hall–Kier alpha value is 0.760. The van der Waals surface area contributed by atoms with E-state index in [1.54, 1.807) is 0 Å². The van der Waals surface area contributed by atoms with Crippen LogP contribution in [0.3, 0.4) is 0 Å². The highest BCUT2D eigenvalue weighted by molar-refractivity contribution is 9.09. The van der Waals surface area contributed by atoms with Gasteiger partial charge in [-0.1, -0.05) is 31.9 Å². The minimum atomic E-state index is -0.343. The summed E-state index contributed by atoms with van der Waals surface area (Å²) >= 11 is 6.94. The zero-order valence-electron chi connectivity index (χ0n) is 12.9. The van der Waals surface area contributed by atoms with E-state index in [9.17, 15) is 0 Å². The van der Waals surface area contributed by atoms with Gasteiger partial charge in [-0.25, -0.2) is 0 Å². The average molecular weight is 434 g/mol. The lowest BCUT2D eigenvalue weighted by molar-refractivity contribution is -0.0918. The number of hydrogen-bond acceptors (Lipinski definition) is 5. The van der Waals surface area contributed by atoms with Gasteiger partial charge in [0.05, 0.1) is 64.1 Å². The zero-order valence-corrected chi connectivity index (χ0v) is 16.0.